The summed E-state index contributed by atoms with van der Waals surface area (Å²) in [6.45, 7) is 11.3. The Morgan fingerprint density at radius 3 is 1.71 bits per heavy atom. The van der Waals surface area contributed by atoms with Crippen LogP contribution in [-0.4, -0.2) is 124 Å². The number of ether oxygens (including phenoxy) is 1. The molecule has 12 rings (SSSR count). The first kappa shape index (κ1) is 51.2. The van der Waals surface area contributed by atoms with E-state index >= 15 is 9.59 Å². The van der Waals surface area contributed by atoms with Crippen LogP contribution in [0.15, 0.2) is 79.0 Å². The lowest BCUT2D eigenvalue weighted by molar-refractivity contribution is -0.145. The minimum absolute atomic E-state index is 0.188. The largest absolute Gasteiger partial charge is 0.465 e. The SMILES string of the molecule is CC1C[C@H](C2CCCN2[C@]2(C(=O)NC(=O)O)c3ccc(cc3N)C2(C)CC(N)=O)N(c2ccc(-c3ccc(N4CCOCC4)nc3)cc2)[C@@]1(C)C1CCCN1[C@]1(C(=O)NC(=O)O)c2ccc(cc2N)C1(C)CC(N)=O. The van der Waals surface area contributed by atoms with Gasteiger partial charge in [-0.15, -0.1) is 0 Å². The second-order valence-corrected chi connectivity index (χ2v) is 22.1. The highest BCUT2D eigenvalue weighted by Crippen LogP contribution is 2.62. The summed E-state index contributed by atoms with van der Waals surface area (Å²) in [6.07, 6.45) is 0.978. The number of imide groups is 2. The average Bonchev–Trinajstić information content (AvgIpc) is 4.14. The lowest BCUT2D eigenvalue weighted by Gasteiger charge is -2.60. The number of anilines is 4. The molecule has 0 radical (unpaired) electrons. The van der Waals surface area contributed by atoms with Gasteiger partial charge in [0, 0.05) is 94.8 Å². The van der Waals surface area contributed by atoms with E-state index in [1.807, 2.05) is 42.6 Å². The Morgan fingerprint density at radius 2 is 1.20 bits per heavy atom. The number of pyridine rings is 1. The van der Waals surface area contributed by atoms with Crippen LogP contribution in [0.3, 0.4) is 0 Å². The van der Waals surface area contributed by atoms with Gasteiger partial charge in [-0.25, -0.2) is 14.6 Å². The van der Waals surface area contributed by atoms with Crippen molar-refractivity contribution in [3.63, 3.8) is 0 Å². The first-order valence-corrected chi connectivity index (χ1v) is 25.8. The molecule has 3 aromatic carbocycles. The van der Waals surface area contributed by atoms with Crippen molar-refractivity contribution in [2.75, 3.05) is 60.7 Å². The third kappa shape index (κ3) is 7.52. The quantitative estimate of drug-likeness (QED) is 0.0865. The van der Waals surface area contributed by atoms with Crippen molar-refractivity contribution in [2.24, 2.45) is 17.4 Å². The zero-order valence-electron chi connectivity index (χ0n) is 42.8. The molecule has 8 aliphatic rings. The third-order valence-electron chi connectivity index (χ3n) is 18.4. The van der Waals surface area contributed by atoms with Crippen molar-refractivity contribution in [1.82, 2.24) is 25.4 Å². The van der Waals surface area contributed by atoms with Crippen molar-refractivity contribution < 1.29 is 43.7 Å². The number of primary amides is 2. The number of nitrogen functional groups attached to an aromatic ring is 2. The number of rotatable bonds is 13. The van der Waals surface area contributed by atoms with Gasteiger partial charge in [-0.3, -0.25) is 39.6 Å². The van der Waals surface area contributed by atoms with Crippen molar-refractivity contribution in [2.45, 2.75) is 118 Å². The molecule has 5 unspecified atom stereocenters. The lowest BCUT2D eigenvalue weighted by Crippen LogP contribution is -2.74. The number of carbonyl (C=O) groups excluding carboxylic acids is 4. The molecular weight excluding hydrogens is 959 g/mol. The number of likely N-dealkylation sites (tertiary alicyclic amines) is 2. The van der Waals surface area contributed by atoms with Crippen LogP contribution in [0.4, 0.5) is 32.5 Å². The zero-order valence-corrected chi connectivity index (χ0v) is 42.8. The van der Waals surface area contributed by atoms with E-state index in [-0.39, 0.29) is 30.1 Å². The van der Waals surface area contributed by atoms with Gasteiger partial charge in [0.25, 0.3) is 11.8 Å². The number of hydrogen-bond acceptors (Lipinski definition) is 14. The van der Waals surface area contributed by atoms with E-state index in [1.165, 1.54) is 0 Å². The minimum Gasteiger partial charge on any atom is -0.465 e. The molecule has 4 aliphatic heterocycles. The van der Waals surface area contributed by atoms with Gasteiger partial charge in [-0.2, -0.15) is 0 Å². The van der Waals surface area contributed by atoms with Crippen molar-refractivity contribution in [1.29, 1.82) is 0 Å². The Kier molecular flexibility index (Phi) is 12.6. The molecule has 396 valence electrons. The van der Waals surface area contributed by atoms with Gasteiger partial charge in [0.15, 0.2) is 0 Å². The van der Waals surface area contributed by atoms with Gasteiger partial charge in [0.1, 0.15) is 16.9 Å². The Balaban J connectivity index is 1.15. The van der Waals surface area contributed by atoms with Crippen LogP contribution in [0.2, 0.25) is 0 Å². The fraction of sp³-hybridized carbons (Fsp3) is 0.473. The maximum Gasteiger partial charge on any atom is 0.411 e. The molecule has 20 heteroatoms. The molecule has 4 saturated heterocycles. The number of carbonyl (C=O) groups is 6. The molecule has 4 aliphatic carbocycles. The second-order valence-electron chi connectivity index (χ2n) is 22.1. The van der Waals surface area contributed by atoms with Crippen molar-refractivity contribution in [3.8, 4) is 11.1 Å². The number of hydrogen-bond donors (Lipinski definition) is 8. The second kappa shape index (κ2) is 18.5. The summed E-state index contributed by atoms with van der Waals surface area (Å²) >= 11 is 0. The summed E-state index contributed by atoms with van der Waals surface area (Å²) in [4.78, 5) is 95.9. The highest BCUT2D eigenvalue weighted by molar-refractivity contribution is 6.03. The number of carboxylic acid groups (broad SMARTS) is 2. The number of benzene rings is 3. The Bertz CT molecular complexity index is 2990. The lowest BCUT2D eigenvalue weighted by atomic mass is 9.55. The molecule has 4 aromatic rings. The molecule has 9 atom stereocenters. The van der Waals surface area contributed by atoms with Gasteiger partial charge in [0.05, 0.1) is 18.8 Å². The molecule has 6 amide bonds. The summed E-state index contributed by atoms with van der Waals surface area (Å²) < 4.78 is 5.56. The number of amides is 6. The Hall–Kier alpha value is -7.29. The van der Waals surface area contributed by atoms with Crippen LogP contribution in [0.25, 0.3) is 11.1 Å². The number of fused-ring (bicyclic) bond motifs is 6. The number of nitrogens with two attached hydrogens (primary N) is 4. The van der Waals surface area contributed by atoms with Crippen LogP contribution in [0.5, 0.6) is 0 Å². The fourth-order valence-electron chi connectivity index (χ4n) is 15.3. The molecule has 75 heavy (non-hydrogen) atoms. The average molecular weight is 1030 g/mol. The summed E-state index contributed by atoms with van der Waals surface area (Å²) in [5.74, 6) is -2.39. The summed E-state index contributed by atoms with van der Waals surface area (Å²) in [6, 6.07) is 21.4. The van der Waals surface area contributed by atoms with Crippen LogP contribution >= 0.6 is 0 Å². The summed E-state index contributed by atoms with van der Waals surface area (Å²) in [7, 11) is 0. The van der Waals surface area contributed by atoms with Crippen LogP contribution in [0, 0.1) is 5.92 Å². The Labute approximate surface area is 435 Å². The number of aromatic nitrogens is 1. The molecule has 4 fully saturated rings. The Morgan fingerprint density at radius 1 is 0.680 bits per heavy atom. The fourth-order valence-corrected chi connectivity index (χ4v) is 15.3. The molecule has 0 spiro atoms. The highest BCUT2D eigenvalue weighted by atomic mass is 16.5. The predicted octanol–water partition coefficient (Wildman–Crippen LogP) is 4.32. The predicted molar refractivity (Wildman–Crippen MR) is 280 cm³/mol. The molecule has 1 aromatic heterocycles. The number of nitrogens with one attached hydrogen (secondary N) is 2. The molecule has 4 bridgehead atoms. The van der Waals surface area contributed by atoms with E-state index in [1.54, 1.807) is 38.1 Å². The van der Waals surface area contributed by atoms with Crippen LogP contribution in [-0.2, 0) is 45.8 Å². The minimum atomic E-state index is -1.83. The molecule has 20 nitrogen and oxygen atoms in total. The molecule has 5 heterocycles. The highest BCUT2D eigenvalue weighted by Gasteiger charge is 2.70. The van der Waals surface area contributed by atoms with Gasteiger partial charge in [-0.1, -0.05) is 57.2 Å². The van der Waals surface area contributed by atoms with E-state index < -0.39 is 81.4 Å². The molecule has 12 N–H and O–H groups in total. The van der Waals surface area contributed by atoms with E-state index in [0.717, 1.165) is 35.7 Å². The van der Waals surface area contributed by atoms with Crippen LogP contribution in [0.1, 0.15) is 94.9 Å². The maximum atomic E-state index is 15.3. The van der Waals surface area contributed by atoms with Crippen molar-refractivity contribution in [3.05, 3.63) is 101 Å². The van der Waals surface area contributed by atoms with Gasteiger partial charge >= 0.3 is 12.2 Å². The summed E-state index contributed by atoms with van der Waals surface area (Å²) in [5, 5.41) is 25.0. The van der Waals surface area contributed by atoms with E-state index in [4.69, 9.17) is 32.7 Å². The smallest absolute Gasteiger partial charge is 0.411 e. The van der Waals surface area contributed by atoms with E-state index in [0.29, 0.717) is 80.7 Å². The standard InChI is InChI=1S/C55H67N11O9/c1-31-25-42(41-7-5-19-64(41)54(47(69)61-49(71)72)37-16-12-34(26-39(37)56)51(54,2)28-44(58)67)66(36-14-9-32(10-15-36)33-11-18-46(60-30-33)63-21-23-75-24-22-63)53(31,4)43-8-6-20-65(43)55(48(70)62-50(73)74)38-17-13-35(27-40(38)57)52(55,3)29-45(59)68/h9-18,26-27,30-31,41-43H,5-8,19-25,28-29,56-57H2,1-4H3,(H2,58,67)(H2,59,68)(H,61,69)(H,62,70)(H,71,72)(H,73,74)/t31?,41?,42-,43?,51?,52?,53-,54+,55+/m1/s1. The topological polar surface area (TPSA) is 306 Å². The summed E-state index contributed by atoms with van der Waals surface area (Å²) in [5.41, 5.74) is 23.5. The van der Waals surface area contributed by atoms with E-state index in [2.05, 4.69) is 56.2 Å². The first-order valence-electron chi connectivity index (χ1n) is 25.8. The number of nitrogens with zero attached hydrogens (tertiary/aromatic N) is 5. The van der Waals surface area contributed by atoms with Gasteiger partial charge in [-0.05, 0) is 111 Å². The normalized spacial score (nSPS) is 31.1. The van der Waals surface area contributed by atoms with E-state index in [9.17, 15) is 29.4 Å². The van der Waals surface area contributed by atoms with Crippen LogP contribution < -0.4 is 43.4 Å². The third-order valence-corrected chi connectivity index (χ3v) is 18.4. The molecule has 0 saturated carbocycles. The number of morpholine rings is 1. The monoisotopic (exact) mass is 1030 g/mol. The maximum absolute atomic E-state index is 15.3. The van der Waals surface area contributed by atoms with Gasteiger partial charge in [0.2, 0.25) is 11.8 Å². The zero-order chi connectivity index (χ0) is 53.6. The van der Waals surface area contributed by atoms with Crippen molar-refractivity contribution >= 4 is 58.7 Å². The first-order chi connectivity index (χ1) is 35.6. The van der Waals surface area contributed by atoms with Gasteiger partial charge < -0.3 is 47.7 Å². The molecular formula is C55H67N11O9.